The van der Waals surface area contributed by atoms with Gasteiger partial charge in [0, 0.05) is 24.2 Å². The first kappa shape index (κ1) is 27.2. The molecule has 1 fully saturated rings. The fraction of sp³-hybridized carbons (Fsp3) is 0.423. The number of aryl methyl sites for hydroxylation is 2. The van der Waals surface area contributed by atoms with Crippen molar-refractivity contribution in [2.24, 2.45) is 0 Å². The Labute approximate surface area is 208 Å². The highest BCUT2D eigenvalue weighted by molar-refractivity contribution is 5.97. The van der Waals surface area contributed by atoms with Gasteiger partial charge in [0.25, 0.3) is 5.91 Å². The van der Waals surface area contributed by atoms with Crippen LogP contribution in [0.5, 0.6) is 0 Å². The Morgan fingerprint density at radius 1 is 1.06 bits per heavy atom. The van der Waals surface area contributed by atoms with Crippen molar-refractivity contribution in [3.63, 3.8) is 0 Å². The van der Waals surface area contributed by atoms with E-state index in [1.165, 1.54) is 6.07 Å². The molecule has 0 aliphatic heterocycles. The van der Waals surface area contributed by atoms with Gasteiger partial charge in [0.05, 0.1) is 12.1 Å². The fourth-order valence-corrected chi connectivity index (χ4v) is 3.65. The average Bonchev–Trinajstić information content (AvgIpc) is 3.53. The van der Waals surface area contributed by atoms with Gasteiger partial charge in [0.1, 0.15) is 6.04 Å². The molecular formula is C26H31F3N4O3. The third-order valence-electron chi connectivity index (χ3n) is 6.10. The number of carbonyl (C=O) groups excluding carboxylic acids is 3. The van der Waals surface area contributed by atoms with Gasteiger partial charge < -0.3 is 21.3 Å². The lowest BCUT2D eigenvalue weighted by Crippen LogP contribution is -2.55. The maximum atomic E-state index is 12.9. The first-order valence-electron chi connectivity index (χ1n) is 11.7. The van der Waals surface area contributed by atoms with E-state index in [1.807, 2.05) is 32.9 Å². The Kier molecular flexibility index (Phi) is 8.39. The lowest BCUT2D eigenvalue weighted by Gasteiger charge is -2.22. The van der Waals surface area contributed by atoms with Gasteiger partial charge in [-0.05, 0) is 62.9 Å². The summed E-state index contributed by atoms with van der Waals surface area (Å²) in [4.78, 5) is 37.6. The first-order chi connectivity index (χ1) is 16.9. The van der Waals surface area contributed by atoms with Crippen LogP contribution in [0, 0.1) is 13.8 Å². The first-order valence-corrected chi connectivity index (χ1v) is 11.7. The van der Waals surface area contributed by atoms with Crippen LogP contribution in [0.1, 0.15) is 52.4 Å². The monoisotopic (exact) mass is 504 g/mol. The highest BCUT2D eigenvalue weighted by atomic mass is 19.4. The van der Waals surface area contributed by atoms with Crippen molar-refractivity contribution in [2.75, 3.05) is 13.1 Å². The van der Waals surface area contributed by atoms with Gasteiger partial charge in [0.15, 0.2) is 0 Å². The number of hydrogen-bond acceptors (Lipinski definition) is 4. The minimum Gasteiger partial charge on any atom is -0.349 e. The quantitative estimate of drug-likeness (QED) is 0.400. The number of halogens is 3. The van der Waals surface area contributed by atoms with E-state index in [9.17, 15) is 27.6 Å². The minimum atomic E-state index is -4.59. The van der Waals surface area contributed by atoms with E-state index in [2.05, 4.69) is 27.3 Å². The van der Waals surface area contributed by atoms with Gasteiger partial charge in [-0.1, -0.05) is 29.8 Å². The zero-order chi connectivity index (χ0) is 26.5. The molecule has 0 aromatic heterocycles. The molecule has 0 spiro atoms. The van der Waals surface area contributed by atoms with Crippen LogP contribution in [-0.4, -0.2) is 42.4 Å². The molecule has 2 aromatic carbocycles. The summed E-state index contributed by atoms with van der Waals surface area (Å²) < 4.78 is 38.7. The summed E-state index contributed by atoms with van der Waals surface area (Å²) in [6, 6.07) is 9.09. The van der Waals surface area contributed by atoms with Gasteiger partial charge in [-0.15, -0.1) is 0 Å². The summed E-state index contributed by atoms with van der Waals surface area (Å²) in [5.41, 5.74) is 1.85. The summed E-state index contributed by atoms with van der Waals surface area (Å²) in [5, 5.41) is 11.0. The number of carbonyl (C=O) groups is 3. The normalized spacial score (nSPS) is 15.1. The van der Waals surface area contributed by atoms with Crippen molar-refractivity contribution in [1.29, 1.82) is 0 Å². The number of nitrogens with one attached hydrogen (secondary N) is 4. The van der Waals surface area contributed by atoms with Gasteiger partial charge >= 0.3 is 6.18 Å². The van der Waals surface area contributed by atoms with E-state index in [1.54, 1.807) is 0 Å². The second kappa shape index (κ2) is 11.1. The number of hydrogen-bond donors (Lipinski definition) is 4. The van der Waals surface area contributed by atoms with Gasteiger partial charge in [-0.3, -0.25) is 14.4 Å². The van der Waals surface area contributed by atoms with E-state index in [0.717, 1.165) is 47.7 Å². The van der Waals surface area contributed by atoms with Crippen molar-refractivity contribution in [1.82, 2.24) is 21.3 Å². The predicted molar refractivity (Wildman–Crippen MR) is 129 cm³/mol. The van der Waals surface area contributed by atoms with Crippen LogP contribution >= 0.6 is 0 Å². The Bertz CT molecular complexity index is 1130. The Morgan fingerprint density at radius 3 is 2.42 bits per heavy atom. The average molecular weight is 505 g/mol. The summed E-state index contributed by atoms with van der Waals surface area (Å²) in [5.74, 6) is -1.80. The molecule has 0 saturated heterocycles. The minimum absolute atomic E-state index is 0.155. The van der Waals surface area contributed by atoms with Crippen LogP contribution in [-0.2, 0) is 22.3 Å². The highest BCUT2D eigenvalue weighted by Gasteiger charge is 2.40. The van der Waals surface area contributed by atoms with Gasteiger partial charge in [-0.25, -0.2) is 0 Å². The lowest BCUT2D eigenvalue weighted by atomic mass is 10.1. The Balaban J connectivity index is 1.57. The third kappa shape index (κ3) is 7.81. The molecule has 0 radical (unpaired) electrons. The fourth-order valence-electron chi connectivity index (χ4n) is 3.65. The molecule has 1 atom stereocenters. The number of alkyl halides is 3. The smallest absolute Gasteiger partial charge is 0.349 e. The standard InChI is InChI=1S/C26H31F3N4O3/c1-16-7-8-19(17(2)11-16)13-30-14-21(24(36)33-25(3)9-10-25)32-22(34)15-31-23(35)18-5-4-6-20(12-18)26(27,28)29/h4-8,11-12,21,30H,9-10,13-15H2,1-3H3,(H,31,35)(H,32,34)(H,33,36). The van der Waals surface area contributed by atoms with E-state index in [4.69, 9.17) is 0 Å². The summed E-state index contributed by atoms with van der Waals surface area (Å²) >= 11 is 0. The zero-order valence-electron chi connectivity index (χ0n) is 20.5. The van der Waals surface area contributed by atoms with E-state index >= 15 is 0 Å². The molecule has 7 nitrogen and oxygen atoms in total. The molecule has 1 unspecified atom stereocenters. The molecule has 0 heterocycles. The van der Waals surface area contributed by atoms with Crippen LogP contribution in [0.4, 0.5) is 13.2 Å². The van der Waals surface area contributed by atoms with Crippen molar-refractivity contribution >= 4 is 17.7 Å². The molecule has 0 bridgehead atoms. The Morgan fingerprint density at radius 2 is 1.78 bits per heavy atom. The number of amides is 3. The third-order valence-corrected chi connectivity index (χ3v) is 6.10. The summed E-state index contributed by atoms with van der Waals surface area (Å²) in [7, 11) is 0. The molecule has 3 rings (SSSR count). The van der Waals surface area contributed by atoms with Crippen molar-refractivity contribution in [2.45, 2.75) is 57.9 Å². The second-order valence-corrected chi connectivity index (χ2v) is 9.49. The van der Waals surface area contributed by atoms with Crippen LogP contribution in [0.25, 0.3) is 0 Å². The number of rotatable bonds is 10. The van der Waals surface area contributed by atoms with Crippen LogP contribution in [0.2, 0.25) is 0 Å². The molecule has 10 heteroatoms. The van der Waals surface area contributed by atoms with Crippen molar-refractivity contribution in [3.05, 3.63) is 70.3 Å². The molecule has 3 amide bonds. The highest BCUT2D eigenvalue weighted by Crippen LogP contribution is 2.34. The molecule has 194 valence electrons. The molecule has 1 aliphatic rings. The second-order valence-electron chi connectivity index (χ2n) is 9.49. The lowest BCUT2D eigenvalue weighted by molar-refractivity contribution is -0.137. The van der Waals surface area contributed by atoms with Crippen LogP contribution in [0.15, 0.2) is 42.5 Å². The largest absolute Gasteiger partial charge is 0.416 e. The van der Waals surface area contributed by atoms with Gasteiger partial charge in [0.2, 0.25) is 11.8 Å². The molecular weight excluding hydrogens is 473 g/mol. The molecule has 36 heavy (non-hydrogen) atoms. The maximum Gasteiger partial charge on any atom is 0.416 e. The Hall–Kier alpha value is -3.40. The zero-order valence-corrected chi connectivity index (χ0v) is 20.5. The number of benzene rings is 2. The maximum absolute atomic E-state index is 12.9. The predicted octanol–water partition coefficient (Wildman–Crippen LogP) is 3.00. The molecule has 2 aromatic rings. The van der Waals surface area contributed by atoms with E-state index in [-0.39, 0.29) is 23.6 Å². The van der Waals surface area contributed by atoms with Crippen LogP contribution < -0.4 is 21.3 Å². The van der Waals surface area contributed by atoms with Crippen molar-refractivity contribution in [3.8, 4) is 0 Å². The topological polar surface area (TPSA) is 99.3 Å². The molecule has 4 N–H and O–H groups in total. The molecule has 1 saturated carbocycles. The van der Waals surface area contributed by atoms with Crippen molar-refractivity contribution < 1.29 is 27.6 Å². The van der Waals surface area contributed by atoms with Crippen LogP contribution in [0.3, 0.4) is 0 Å². The van der Waals surface area contributed by atoms with E-state index < -0.39 is 36.1 Å². The van der Waals surface area contributed by atoms with E-state index in [0.29, 0.717) is 6.54 Å². The summed E-state index contributed by atoms with van der Waals surface area (Å²) in [6.07, 6.45) is -2.89. The molecule has 1 aliphatic carbocycles. The SMILES string of the molecule is Cc1ccc(CNCC(NC(=O)CNC(=O)c2cccc(C(F)(F)F)c2)C(=O)NC2(C)CC2)c(C)c1. The summed E-state index contributed by atoms with van der Waals surface area (Å²) in [6.45, 7) is 6.08. The van der Waals surface area contributed by atoms with Gasteiger partial charge in [-0.2, -0.15) is 13.2 Å².